The fraction of sp³-hybridized carbons (Fsp3) is 0.214. The van der Waals surface area contributed by atoms with Crippen LogP contribution >= 0.6 is 0 Å². The first-order valence-electron chi connectivity index (χ1n) is 6.28. The molecule has 0 amide bonds. The van der Waals surface area contributed by atoms with Crippen LogP contribution in [0.2, 0.25) is 0 Å². The highest BCUT2D eigenvalue weighted by molar-refractivity contribution is 5.88. The predicted molar refractivity (Wildman–Crippen MR) is 74.8 cm³/mol. The lowest BCUT2D eigenvalue weighted by molar-refractivity contribution is 0.613. The molecule has 0 fully saturated rings. The van der Waals surface area contributed by atoms with Crippen LogP contribution < -0.4 is 5.32 Å². The highest BCUT2D eigenvalue weighted by Crippen LogP contribution is 2.22. The second-order valence-corrected chi connectivity index (χ2v) is 4.57. The van der Waals surface area contributed by atoms with Gasteiger partial charge in [0.25, 0.3) is 0 Å². The zero-order valence-corrected chi connectivity index (χ0v) is 11.3. The summed E-state index contributed by atoms with van der Waals surface area (Å²) in [5.74, 6) is 0.442. The van der Waals surface area contributed by atoms with Crippen LogP contribution in [0.15, 0.2) is 30.6 Å². The second-order valence-electron chi connectivity index (χ2n) is 4.57. The molecule has 20 heavy (non-hydrogen) atoms. The normalized spacial score (nSPS) is 10.9. The van der Waals surface area contributed by atoms with Crippen molar-refractivity contribution in [3.8, 4) is 0 Å². The van der Waals surface area contributed by atoms with E-state index in [2.05, 4.69) is 20.4 Å². The van der Waals surface area contributed by atoms with Crippen molar-refractivity contribution in [1.29, 1.82) is 0 Å². The molecule has 0 bridgehead atoms. The number of anilines is 1. The Hall–Kier alpha value is -2.50. The van der Waals surface area contributed by atoms with E-state index in [9.17, 15) is 4.39 Å². The summed E-state index contributed by atoms with van der Waals surface area (Å²) in [4.78, 5) is 8.44. The van der Waals surface area contributed by atoms with Gasteiger partial charge in [-0.15, -0.1) is 0 Å². The number of hydrogen-bond donors (Lipinski definition) is 1. The summed E-state index contributed by atoms with van der Waals surface area (Å²) in [6.07, 6.45) is 1.48. The van der Waals surface area contributed by atoms with E-state index in [1.807, 2.05) is 20.0 Å². The lowest BCUT2D eigenvalue weighted by atomic mass is 10.2. The summed E-state index contributed by atoms with van der Waals surface area (Å²) in [5.41, 5.74) is 2.20. The monoisotopic (exact) mass is 271 g/mol. The third kappa shape index (κ3) is 2.09. The van der Waals surface area contributed by atoms with E-state index in [1.165, 1.54) is 12.4 Å². The van der Waals surface area contributed by atoms with Gasteiger partial charge in [0.1, 0.15) is 18.0 Å². The maximum atomic E-state index is 13.6. The quantitative estimate of drug-likeness (QED) is 0.795. The summed E-state index contributed by atoms with van der Waals surface area (Å²) in [6, 6.07) is 6.68. The van der Waals surface area contributed by atoms with E-state index in [4.69, 9.17) is 0 Å². The van der Waals surface area contributed by atoms with Crippen LogP contribution in [0, 0.1) is 12.7 Å². The van der Waals surface area contributed by atoms with Crippen LogP contribution in [-0.4, -0.2) is 19.7 Å². The average Bonchev–Trinajstić information content (AvgIpc) is 2.74. The Balaban J connectivity index is 1.94. The molecule has 0 radical (unpaired) electrons. The van der Waals surface area contributed by atoms with Gasteiger partial charge in [-0.05, 0) is 13.0 Å². The number of hydrogen-bond acceptors (Lipinski definition) is 4. The zero-order valence-electron chi connectivity index (χ0n) is 11.3. The molecular weight excluding hydrogens is 257 g/mol. The molecule has 3 aromatic rings. The molecule has 0 aliphatic rings. The van der Waals surface area contributed by atoms with Crippen LogP contribution in [0.4, 0.5) is 10.2 Å². The molecule has 2 heterocycles. The van der Waals surface area contributed by atoms with Gasteiger partial charge in [0, 0.05) is 19.2 Å². The first-order chi connectivity index (χ1) is 9.66. The first-order valence-corrected chi connectivity index (χ1v) is 6.28. The van der Waals surface area contributed by atoms with Crippen LogP contribution in [0.1, 0.15) is 11.3 Å². The Labute approximate surface area is 115 Å². The molecule has 0 atom stereocenters. The maximum Gasteiger partial charge on any atom is 0.163 e. The van der Waals surface area contributed by atoms with E-state index >= 15 is 0 Å². The molecule has 5 nitrogen and oxygen atoms in total. The van der Waals surface area contributed by atoms with Crippen molar-refractivity contribution in [2.75, 3.05) is 5.32 Å². The minimum Gasteiger partial charge on any atom is -0.365 e. The fourth-order valence-electron chi connectivity index (χ4n) is 2.23. The third-order valence-electron chi connectivity index (χ3n) is 3.20. The molecule has 102 valence electrons. The van der Waals surface area contributed by atoms with Gasteiger partial charge in [0.05, 0.1) is 11.1 Å². The molecule has 0 saturated heterocycles. The Morgan fingerprint density at radius 3 is 2.85 bits per heavy atom. The maximum absolute atomic E-state index is 13.6. The van der Waals surface area contributed by atoms with Crippen LogP contribution in [0.5, 0.6) is 0 Å². The number of halogens is 1. The molecule has 1 N–H and O–H groups in total. The van der Waals surface area contributed by atoms with Crippen LogP contribution in [-0.2, 0) is 13.6 Å². The molecule has 0 unspecified atom stereocenters. The van der Waals surface area contributed by atoms with Gasteiger partial charge in [-0.2, -0.15) is 5.10 Å². The van der Waals surface area contributed by atoms with Crippen molar-refractivity contribution >= 4 is 16.9 Å². The Morgan fingerprint density at radius 1 is 1.25 bits per heavy atom. The number of nitrogens with zero attached hydrogens (tertiary/aromatic N) is 4. The van der Waals surface area contributed by atoms with Gasteiger partial charge < -0.3 is 5.32 Å². The number of aryl methyl sites for hydroxylation is 2. The lowest BCUT2D eigenvalue weighted by Gasteiger charge is -2.07. The van der Waals surface area contributed by atoms with E-state index in [-0.39, 0.29) is 5.82 Å². The SMILES string of the molecule is Cc1nn(C)c2ncnc(NCc3ccccc3F)c12. The molecule has 0 saturated carbocycles. The molecule has 2 aromatic heterocycles. The second kappa shape index (κ2) is 4.88. The molecule has 3 rings (SSSR count). The standard InChI is InChI=1S/C14H14FN5/c1-9-12-13(17-8-18-14(12)20(2)19-9)16-7-10-5-3-4-6-11(10)15/h3-6,8H,7H2,1-2H3,(H,16,17,18). The van der Waals surface area contributed by atoms with Crippen molar-refractivity contribution in [3.05, 3.63) is 47.7 Å². The number of benzene rings is 1. The number of nitrogens with one attached hydrogen (secondary N) is 1. The third-order valence-corrected chi connectivity index (χ3v) is 3.20. The van der Waals surface area contributed by atoms with Gasteiger partial charge in [-0.3, -0.25) is 4.68 Å². The van der Waals surface area contributed by atoms with Gasteiger partial charge >= 0.3 is 0 Å². The number of fused-ring (bicyclic) bond motifs is 1. The van der Waals surface area contributed by atoms with Crippen molar-refractivity contribution in [2.24, 2.45) is 7.05 Å². The van der Waals surface area contributed by atoms with E-state index in [0.717, 1.165) is 16.7 Å². The number of aromatic nitrogens is 4. The van der Waals surface area contributed by atoms with Crippen LogP contribution in [0.3, 0.4) is 0 Å². The van der Waals surface area contributed by atoms with Crippen LogP contribution in [0.25, 0.3) is 11.0 Å². The van der Waals surface area contributed by atoms with Crippen molar-refractivity contribution in [1.82, 2.24) is 19.7 Å². The van der Waals surface area contributed by atoms with E-state index < -0.39 is 0 Å². The van der Waals surface area contributed by atoms with Gasteiger partial charge in [0.15, 0.2) is 5.65 Å². The Kier molecular flexibility index (Phi) is 3.06. The topological polar surface area (TPSA) is 55.6 Å². The molecule has 0 aliphatic carbocycles. The molecular formula is C14H14FN5. The van der Waals surface area contributed by atoms with E-state index in [0.29, 0.717) is 17.9 Å². The van der Waals surface area contributed by atoms with E-state index in [1.54, 1.807) is 16.8 Å². The molecule has 0 spiro atoms. The largest absolute Gasteiger partial charge is 0.365 e. The summed E-state index contributed by atoms with van der Waals surface area (Å²) in [5, 5.41) is 8.34. The Bertz CT molecular complexity index is 765. The average molecular weight is 271 g/mol. The minimum absolute atomic E-state index is 0.229. The Morgan fingerprint density at radius 2 is 2.05 bits per heavy atom. The zero-order chi connectivity index (χ0) is 14.1. The smallest absolute Gasteiger partial charge is 0.163 e. The highest BCUT2D eigenvalue weighted by Gasteiger charge is 2.12. The van der Waals surface area contributed by atoms with Crippen molar-refractivity contribution < 1.29 is 4.39 Å². The molecule has 0 aliphatic heterocycles. The summed E-state index contributed by atoms with van der Waals surface area (Å²) in [6.45, 7) is 2.27. The highest BCUT2D eigenvalue weighted by atomic mass is 19.1. The van der Waals surface area contributed by atoms with Gasteiger partial charge in [-0.25, -0.2) is 14.4 Å². The van der Waals surface area contributed by atoms with Gasteiger partial charge in [0.2, 0.25) is 0 Å². The summed E-state index contributed by atoms with van der Waals surface area (Å²) >= 11 is 0. The lowest BCUT2D eigenvalue weighted by Crippen LogP contribution is -2.04. The first kappa shape index (κ1) is 12.5. The summed E-state index contributed by atoms with van der Waals surface area (Å²) in [7, 11) is 1.84. The summed E-state index contributed by atoms with van der Waals surface area (Å²) < 4.78 is 15.3. The molecule has 1 aromatic carbocycles. The van der Waals surface area contributed by atoms with Crippen molar-refractivity contribution in [3.63, 3.8) is 0 Å². The van der Waals surface area contributed by atoms with Crippen molar-refractivity contribution in [2.45, 2.75) is 13.5 Å². The number of rotatable bonds is 3. The predicted octanol–water partition coefficient (Wildman–Crippen LogP) is 2.42. The fourth-order valence-corrected chi connectivity index (χ4v) is 2.23. The molecule has 6 heteroatoms. The minimum atomic E-state index is -0.229. The van der Waals surface area contributed by atoms with Gasteiger partial charge in [-0.1, -0.05) is 18.2 Å².